The van der Waals surface area contributed by atoms with Gasteiger partial charge >= 0.3 is 0 Å². The molecule has 1 aliphatic carbocycles. The summed E-state index contributed by atoms with van der Waals surface area (Å²) >= 11 is 6.20. The lowest BCUT2D eigenvalue weighted by Crippen LogP contribution is -2.55. The van der Waals surface area contributed by atoms with Crippen LogP contribution in [0.4, 0.5) is 0 Å². The number of hydrogen-bond acceptors (Lipinski definition) is 2. The number of piperazine rings is 1. The first-order valence-corrected chi connectivity index (χ1v) is 9.20. The lowest BCUT2D eigenvalue weighted by molar-refractivity contribution is -0.139. The molecular weight excluding hydrogens is 308 g/mol. The summed E-state index contributed by atoms with van der Waals surface area (Å²) in [4.78, 5) is 17.9. The topological polar surface area (TPSA) is 23.6 Å². The van der Waals surface area contributed by atoms with Gasteiger partial charge in [-0.3, -0.25) is 9.69 Å². The first-order chi connectivity index (χ1) is 11.0. The Hall–Kier alpha value is -1.06. The van der Waals surface area contributed by atoms with Gasteiger partial charge in [-0.2, -0.15) is 0 Å². The van der Waals surface area contributed by atoms with Crippen molar-refractivity contribution < 1.29 is 4.79 Å². The molecule has 0 bridgehead atoms. The molecule has 0 unspecified atom stereocenters. The Bertz CT molecular complexity index is 558. The van der Waals surface area contributed by atoms with E-state index in [-0.39, 0.29) is 5.41 Å². The van der Waals surface area contributed by atoms with Crippen LogP contribution in [0.2, 0.25) is 5.02 Å². The maximum Gasteiger partial charge on any atom is 0.233 e. The molecule has 126 valence electrons. The maximum absolute atomic E-state index is 13.4. The van der Waals surface area contributed by atoms with Gasteiger partial charge in [-0.1, -0.05) is 36.6 Å². The Morgan fingerprint density at radius 1 is 1.13 bits per heavy atom. The standard InChI is InChI=1S/C19H27ClN2O/c1-15(2)21-10-12-22(13-11-21)18(23)19(8-3-4-9-19)16-6-5-7-17(20)14-16/h5-7,14-15H,3-4,8-13H2,1-2H3. The first-order valence-electron chi connectivity index (χ1n) is 8.82. The molecule has 0 atom stereocenters. The van der Waals surface area contributed by atoms with E-state index < -0.39 is 0 Å². The van der Waals surface area contributed by atoms with Crippen molar-refractivity contribution >= 4 is 17.5 Å². The SMILES string of the molecule is CC(C)N1CCN(C(=O)C2(c3cccc(Cl)c3)CCCC2)CC1. The molecule has 1 amide bonds. The van der Waals surface area contributed by atoms with E-state index in [4.69, 9.17) is 11.6 Å². The predicted octanol–water partition coefficient (Wildman–Crippen LogP) is 3.70. The third kappa shape index (κ3) is 3.27. The van der Waals surface area contributed by atoms with Gasteiger partial charge in [-0.25, -0.2) is 0 Å². The quantitative estimate of drug-likeness (QED) is 0.841. The van der Waals surface area contributed by atoms with Gasteiger partial charge in [0.15, 0.2) is 0 Å². The molecule has 0 radical (unpaired) electrons. The molecule has 2 aliphatic rings. The van der Waals surface area contributed by atoms with Gasteiger partial charge in [0.2, 0.25) is 5.91 Å². The zero-order chi connectivity index (χ0) is 16.4. The summed E-state index contributed by atoms with van der Waals surface area (Å²) in [6, 6.07) is 8.50. The minimum atomic E-state index is -0.342. The molecule has 23 heavy (non-hydrogen) atoms. The van der Waals surface area contributed by atoms with Gasteiger partial charge in [-0.15, -0.1) is 0 Å². The molecule has 1 saturated heterocycles. The van der Waals surface area contributed by atoms with Crippen LogP contribution >= 0.6 is 11.6 Å². The molecule has 3 rings (SSSR count). The Morgan fingerprint density at radius 3 is 2.35 bits per heavy atom. The maximum atomic E-state index is 13.4. The number of rotatable bonds is 3. The highest BCUT2D eigenvalue weighted by Crippen LogP contribution is 2.43. The summed E-state index contributed by atoms with van der Waals surface area (Å²) in [7, 11) is 0. The van der Waals surface area contributed by atoms with Gasteiger partial charge in [0.25, 0.3) is 0 Å². The zero-order valence-corrected chi connectivity index (χ0v) is 15.0. The Morgan fingerprint density at radius 2 is 1.78 bits per heavy atom. The largest absolute Gasteiger partial charge is 0.339 e. The summed E-state index contributed by atoms with van der Waals surface area (Å²) < 4.78 is 0. The van der Waals surface area contributed by atoms with E-state index in [2.05, 4.69) is 29.7 Å². The highest BCUT2D eigenvalue weighted by Gasteiger charge is 2.45. The van der Waals surface area contributed by atoms with Crippen molar-refractivity contribution in [3.05, 3.63) is 34.9 Å². The normalized spacial score (nSPS) is 21.8. The summed E-state index contributed by atoms with van der Waals surface area (Å²) in [6.07, 6.45) is 4.17. The second kappa shape index (κ2) is 6.82. The van der Waals surface area contributed by atoms with Crippen molar-refractivity contribution in [3.63, 3.8) is 0 Å². The number of carbonyl (C=O) groups is 1. The number of hydrogen-bond donors (Lipinski definition) is 0. The first kappa shape index (κ1) is 16.8. The van der Waals surface area contributed by atoms with Crippen molar-refractivity contribution in [2.24, 2.45) is 0 Å². The number of carbonyl (C=O) groups excluding carboxylic acids is 1. The molecule has 1 aromatic carbocycles. The van der Waals surface area contributed by atoms with Crippen molar-refractivity contribution in [2.45, 2.75) is 51.0 Å². The van der Waals surface area contributed by atoms with Gasteiger partial charge in [-0.05, 0) is 44.4 Å². The van der Waals surface area contributed by atoms with Gasteiger partial charge < -0.3 is 4.90 Å². The minimum absolute atomic E-state index is 0.320. The van der Waals surface area contributed by atoms with Crippen molar-refractivity contribution in [3.8, 4) is 0 Å². The van der Waals surface area contributed by atoms with Crippen molar-refractivity contribution in [2.75, 3.05) is 26.2 Å². The highest BCUT2D eigenvalue weighted by molar-refractivity contribution is 6.30. The summed E-state index contributed by atoms with van der Waals surface area (Å²) in [6.45, 7) is 8.10. The Labute approximate surface area is 144 Å². The average molecular weight is 335 g/mol. The van der Waals surface area contributed by atoms with E-state index in [1.54, 1.807) is 0 Å². The van der Waals surface area contributed by atoms with Crippen LogP contribution in [0.1, 0.15) is 45.1 Å². The molecule has 1 aromatic rings. The van der Waals surface area contributed by atoms with Crippen molar-refractivity contribution in [1.29, 1.82) is 0 Å². The molecule has 3 nitrogen and oxygen atoms in total. The molecule has 1 saturated carbocycles. The smallest absolute Gasteiger partial charge is 0.233 e. The van der Waals surface area contributed by atoms with Crippen LogP contribution in [0.5, 0.6) is 0 Å². The molecule has 4 heteroatoms. The molecule has 1 heterocycles. The third-order valence-corrected chi connectivity index (χ3v) is 5.81. The number of halogens is 1. The van der Waals surface area contributed by atoms with E-state index in [1.165, 1.54) is 0 Å². The fourth-order valence-corrected chi connectivity index (χ4v) is 4.33. The van der Waals surface area contributed by atoms with E-state index in [1.807, 2.05) is 18.2 Å². The molecule has 0 N–H and O–H groups in total. The van der Waals surface area contributed by atoms with Crippen LogP contribution in [0.3, 0.4) is 0 Å². The fourth-order valence-electron chi connectivity index (χ4n) is 4.13. The number of nitrogens with zero attached hydrogens (tertiary/aromatic N) is 2. The number of amides is 1. The lowest BCUT2D eigenvalue weighted by atomic mass is 9.77. The van der Waals surface area contributed by atoms with Gasteiger partial charge in [0.05, 0.1) is 5.41 Å². The Kier molecular flexibility index (Phi) is 4.98. The summed E-state index contributed by atoms with van der Waals surface area (Å²) in [5.74, 6) is 0.320. The van der Waals surface area contributed by atoms with E-state index in [9.17, 15) is 4.79 Å². The Balaban J connectivity index is 1.80. The van der Waals surface area contributed by atoms with Crippen LogP contribution in [-0.2, 0) is 10.2 Å². The van der Waals surface area contributed by atoms with E-state index in [0.717, 1.165) is 62.4 Å². The second-order valence-electron chi connectivity index (χ2n) is 7.22. The average Bonchev–Trinajstić information content (AvgIpc) is 3.05. The van der Waals surface area contributed by atoms with E-state index in [0.29, 0.717) is 11.9 Å². The van der Waals surface area contributed by atoms with Crippen LogP contribution in [0.25, 0.3) is 0 Å². The fraction of sp³-hybridized carbons (Fsp3) is 0.632. The van der Waals surface area contributed by atoms with E-state index >= 15 is 0 Å². The zero-order valence-electron chi connectivity index (χ0n) is 14.2. The second-order valence-corrected chi connectivity index (χ2v) is 7.66. The number of benzene rings is 1. The van der Waals surface area contributed by atoms with Gasteiger partial charge in [0.1, 0.15) is 0 Å². The highest BCUT2D eigenvalue weighted by atomic mass is 35.5. The summed E-state index contributed by atoms with van der Waals surface area (Å²) in [5.41, 5.74) is 0.768. The molecular formula is C19H27ClN2O. The molecule has 0 spiro atoms. The third-order valence-electron chi connectivity index (χ3n) is 5.58. The molecule has 0 aromatic heterocycles. The predicted molar refractivity (Wildman–Crippen MR) is 94.9 cm³/mol. The van der Waals surface area contributed by atoms with Crippen LogP contribution in [-0.4, -0.2) is 47.9 Å². The molecule has 1 aliphatic heterocycles. The van der Waals surface area contributed by atoms with Crippen LogP contribution in [0.15, 0.2) is 24.3 Å². The van der Waals surface area contributed by atoms with Crippen LogP contribution in [0, 0.1) is 0 Å². The van der Waals surface area contributed by atoms with Gasteiger partial charge in [0, 0.05) is 37.2 Å². The minimum Gasteiger partial charge on any atom is -0.339 e. The lowest BCUT2D eigenvalue weighted by Gasteiger charge is -2.41. The van der Waals surface area contributed by atoms with Crippen LogP contribution < -0.4 is 0 Å². The monoisotopic (exact) mass is 334 g/mol. The summed E-state index contributed by atoms with van der Waals surface area (Å²) in [5, 5.41) is 0.728. The van der Waals surface area contributed by atoms with Crippen molar-refractivity contribution in [1.82, 2.24) is 9.80 Å². The molecule has 2 fully saturated rings.